The number of H-pyrrole nitrogens is 1. The van der Waals surface area contributed by atoms with E-state index in [1.807, 2.05) is 11.8 Å². The van der Waals surface area contributed by atoms with Gasteiger partial charge in [-0.15, -0.1) is 0 Å². The van der Waals surface area contributed by atoms with Crippen LogP contribution in [-0.2, 0) is 4.74 Å². The van der Waals surface area contributed by atoms with E-state index in [-0.39, 0.29) is 5.97 Å². The van der Waals surface area contributed by atoms with Crippen LogP contribution in [0.1, 0.15) is 40.5 Å². The number of nitrogens with zero attached hydrogens (tertiary/aromatic N) is 5. The zero-order valence-electron chi connectivity index (χ0n) is 12.8. The summed E-state index contributed by atoms with van der Waals surface area (Å²) in [6, 6.07) is 0. The molecule has 1 saturated heterocycles. The largest absolute Gasteiger partial charge is 0.462 e. The van der Waals surface area contributed by atoms with E-state index in [1.165, 1.54) is 6.20 Å². The summed E-state index contributed by atoms with van der Waals surface area (Å²) in [7, 11) is 0. The monoisotopic (exact) mass is 302 g/mol. The van der Waals surface area contributed by atoms with Gasteiger partial charge in [-0.3, -0.25) is 5.10 Å². The molecule has 3 rings (SSSR count). The van der Waals surface area contributed by atoms with Gasteiger partial charge in [0.2, 0.25) is 5.95 Å². The molecule has 1 aliphatic heterocycles. The van der Waals surface area contributed by atoms with Crippen LogP contribution in [0.2, 0.25) is 0 Å². The number of ether oxygens (including phenoxy) is 1. The van der Waals surface area contributed by atoms with Crippen molar-refractivity contribution in [2.45, 2.75) is 26.7 Å². The van der Waals surface area contributed by atoms with Gasteiger partial charge in [0.05, 0.1) is 23.8 Å². The summed E-state index contributed by atoms with van der Waals surface area (Å²) < 4.78 is 4.97. The minimum absolute atomic E-state index is 0.290. The van der Waals surface area contributed by atoms with Crippen molar-refractivity contribution in [3.8, 4) is 0 Å². The van der Waals surface area contributed by atoms with Gasteiger partial charge in [-0.2, -0.15) is 5.10 Å². The number of carbonyl (C=O) groups excluding carboxylic acids is 1. The van der Waals surface area contributed by atoms with Gasteiger partial charge >= 0.3 is 5.97 Å². The second kappa shape index (κ2) is 5.70. The fraction of sp³-hybridized carbons (Fsp3) is 0.500. The van der Waals surface area contributed by atoms with Gasteiger partial charge in [-0.05, 0) is 20.8 Å². The predicted molar refractivity (Wildman–Crippen MR) is 78.8 cm³/mol. The molecule has 0 saturated carbocycles. The molecule has 2 aromatic rings. The number of hydrogen-bond acceptors (Lipinski definition) is 7. The quantitative estimate of drug-likeness (QED) is 0.841. The van der Waals surface area contributed by atoms with E-state index in [4.69, 9.17) is 4.74 Å². The molecule has 0 aromatic carbocycles. The molecule has 8 heteroatoms. The van der Waals surface area contributed by atoms with E-state index in [0.717, 1.165) is 24.7 Å². The van der Waals surface area contributed by atoms with Crippen LogP contribution in [0.3, 0.4) is 0 Å². The third-order valence-corrected chi connectivity index (χ3v) is 3.61. The second-order valence-corrected chi connectivity index (χ2v) is 5.27. The lowest BCUT2D eigenvalue weighted by atomic mass is 10.0. The highest BCUT2D eigenvalue weighted by Crippen LogP contribution is 2.27. The van der Waals surface area contributed by atoms with Crippen molar-refractivity contribution in [1.82, 2.24) is 25.1 Å². The molecule has 1 N–H and O–H groups in total. The van der Waals surface area contributed by atoms with Crippen LogP contribution in [0, 0.1) is 13.8 Å². The first kappa shape index (κ1) is 14.4. The maximum absolute atomic E-state index is 11.7. The van der Waals surface area contributed by atoms with Gasteiger partial charge < -0.3 is 9.64 Å². The minimum Gasteiger partial charge on any atom is -0.462 e. The first-order chi connectivity index (χ1) is 10.6. The molecule has 1 fully saturated rings. The summed E-state index contributed by atoms with van der Waals surface area (Å²) in [5.74, 6) is 2.17. The normalized spacial score (nSPS) is 14.8. The first-order valence-corrected chi connectivity index (χ1v) is 7.23. The smallest absolute Gasteiger partial charge is 0.341 e. The summed E-state index contributed by atoms with van der Waals surface area (Å²) >= 11 is 0. The average molecular weight is 302 g/mol. The number of aromatic amines is 1. The van der Waals surface area contributed by atoms with Crippen molar-refractivity contribution >= 4 is 11.9 Å². The highest BCUT2D eigenvalue weighted by molar-refractivity contribution is 5.90. The third-order valence-electron chi connectivity index (χ3n) is 3.61. The van der Waals surface area contributed by atoms with Gasteiger partial charge in [-0.1, -0.05) is 0 Å². The van der Waals surface area contributed by atoms with Crippen LogP contribution in [-0.4, -0.2) is 50.8 Å². The molecule has 0 aliphatic carbocycles. The average Bonchev–Trinajstić information content (AvgIpc) is 2.84. The molecular formula is C14H18N6O2. The topological polar surface area (TPSA) is 96.9 Å². The number of carbonyl (C=O) groups is 1. The van der Waals surface area contributed by atoms with E-state index in [1.54, 1.807) is 13.8 Å². The molecule has 0 spiro atoms. The Bertz CT molecular complexity index is 692. The molecule has 22 heavy (non-hydrogen) atoms. The van der Waals surface area contributed by atoms with E-state index < -0.39 is 0 Å². The predicted octanol–water partition coefficient (Wildman–Crippen LogP) is 0.992. The van der Waals surface area contributed by atoms with Crippen LogP contribution >= 0.6 is 0 Å². The molecule has 0 unspecified atom stereocenters. The molecule has 8 nitrogen and oxygen atoms in total. The van der Waals surface area contributed by atoms with Crippen LogP contribution in [0.5, 0.6) is 0 Å². The third kappa shape index (κ3) is 2.63. The lowest BCUT2D eigenvalue weighted by Gasteiger charge is -2.37. The maximum Gasteiger partial charge on any atom is 0.341 e. The first-order valence-electron chi connectivity index (χ1n) is 7.23. The number of anilines is 1. The Morgan fingerprint density at radius 3 is 2.77 bits per heavy atom. The highest BCUT2D eigenvalue weighted by Gasteiger charge is 2.33. The zero-order valence-corrected chi connectivity index (χ0v) is 12.8. The van der Waals surface area contributed by atoms with E-state index in [2.05, 4.69) is 25.1 Å². The number of aryl methyl sites for hydroxylation is 2. The number of rotatable bonds is 4. The van der Waals surface area contributed by atoms with Crippen molar-refractivity contribution in [3.63, 3.8) is 0 Å². The number of esters is 1. The number of hydrogen-bond donors (Lipinski definition) is 1. The minimum atomic E-state index is -0.385. The molecule has 2 aromatic heterocycles. The van der Waals surface area contributed by atoms with Crippen molar-refractivity contribution in [2.75, 3.05) is 24.6 Å². The molecule has 0 atom stereocenters. The summed E-state index contributed by atoms with van der Waals surface area (Å²) in [6.45, 7) is 7.32. The fourth-order valence-corrected chi connectivity index (χ4v) is 2.36. The molecule has 1 aliphatic rings. The van der Waals surface area contributed by atoms with Gasteiger partial charge in [0, 0.05) is 19.3 Å². The molecule has 0 radical (unpaired) electrons. The maximum atomic E-state index is 11.7. The van der Waals surface area contributed by atoms with Crippen molar-refractivity contribution in [1.29, 1.82) is 0 Å². The Morgan fingerprint density at radius 2 is 2.18 bits per heavy atom. The fourth-order valence-electron chi connectivity index (χ4n) is 2.36. The summed E-state index contributed by atoms with van der Waals surface area (Å²) in [4.78, 5) is 26.8. The molecule has 0 amide bonds. The van der Waals surface area contributed by atoms with Gasteiger partial charge in [0.25, 0.3) is 0 Å². The van der Waals surface area contributed by atoms with Gasteiger partial charge in [0.15, 0.2) is 5.82 Å². The Morgan fingerprint density at radius 1 is 1.41 bits per heavy atom. The Balaban J connectivity index is 1.67. The SMILES string of the molecule is CCOC(=O)c1cnc(N2CC(c3n[nH]c(C)n3)C2)nc1C. The molecular weight excluding hydrogens is 284 g/mol. The van der Waals surface area contributed by atoms with Gasteiger partial charge in [0.1, 0.15) is 5.82 Å². The summed E-state index contributed by atoms with van der Waals surface area (Å²) in [5.41, 5.74) is 1.04. The Kier molecular flexibility index (Phi) is 3.74. The zero-order chi connectivity index (χ0) is 15.7. The van der Waals surface area contributed by atoms with E-state index in [9.17, 15) is 4.79 Å². The molecule has 0 bridgehead atoms. The van der Waals surface area contributed by atoms with Crippen LogP contribution in [0.15, 0.2) is 6.20 Å². The lowest BCUT2D eigenvalue weighted by Crippen LogP contribution is -2.46. The molecule has 116 valence electrons. The number of nitrogens with one attached hydrogen (secondary N) is 1. The standard InChI is InChI=1S/C14H18N6O2/c1-4-22-13(21)11-5-15-14(16-8(11)2)20-6-10(7-20)12-17-9(3)18-19-12/h5,10H,4,6-7H2,1-3H3,(H,17,18,19). The van der Waals surface area contributed by atoms with Crippen molar-refractivity contribution in [3.05, 3.63) is 29.1 Å². The van der Waals surface area contributed by atoms with Crippen molar-refractivity contribution < 1.29 is 9.53 Å². The highest BCUT2D eigenvalue weighted by atomic mass is 16.5. The van der Waals surface area contributed by atoms with E-state index >= 15 is 0 Å². The van der Waals surface area contributed by atoms with Crippen LogP contribution in [0.4, 0.5) is 5.95 Å². The number of aromatic nitrogens is 5. The van der Waals surface area contributed by atoms with Crippen LogP contribution < -0.4 is 4.90 Å². The summed E-state index contributed by atoms with van der Waals surface area (Å²) in [5, 5.41) is 7.03. The lowest BCUT2D eigenvalue weighted by molar-refractivity contribution is 0.0524. The van der Waals surface area contributed by atoms with E-state index in [0.29, 0.717) is 29.7 Å². The Hall–Kier alpha value is -2.51. The van der Waals surface area contributed by atoms with Crippen LogP contribution in [0.25, 0.3) is 0 Å². The molecule has 3 heterocycles. The second-order valence-electron chi connectivity index (χ2n) is 5.27. The summed E-state index contributed by atoms with van der Waals surface area (Å²) in [6.07, 6.45) is 1.53. The van der Waals surface area contributed by atoms with Gasteiger partial charge in [-0.25, -0.2) is 19.7 Å². The van der Waals surface area contributed by atoms with Crippen molar-refractivity contribution in [2.24, 2.45) is 0 Å². The Labute approximate surface area is 127 Å².